The highest BCUT2D eigenvalue weighted by molar-refractivity contribution is 14.1. The minimum atomic E-state index is -3.13. The molecule has 2 unspecified atom stereocenters. The average Bonchev–Trinajstić information content (AvgIpc) is 2.82. The van der Waals surface area contributed by atoms with Crippen molar-refractivity contribution in [2.24, 2.45) is 7.05 Å². The summed E-state index contributed by atoms with van der Waals surface area (Å²) in [5.41, 5.74) is 0.780. The molecule has 0 bridgehead atoms. The van der Waals surface area contributed by atoms with Gasteiger partial charge in [-0.1, -0.05) is 52.9 Å². The van der Waals surface area contributed by atoms with E-state index < -0.39 is 15.9 Å². The zero-order chi connectivity index (χ0) is 16.3. The highest BCUT2D eigenvalue weighted by Crippen LogP contribution is 2.37. The van der Waals surface area contributed by atoms with E-state index in [1.54, 1.807) is 7.05 Å². The van der Waals surface area contributed by atoms with Crippen LogP contribution in [0, 0.1) is 0 Å². The second-order valence-electron chi connectivity index (χ2n) is 4.83. The first kappa shape index (κ1) is 18.0. The number of rotatable bonds is 6. The van der Waals surface area contributed by atoms with Crippen LogP contribution in [0.25, 0.3) is 0 Å². The molecule has 0 aliphatic heterocycles. The quantitative estimate of drug-likeness (QED) is 0.259. The molecule has 0 saturated carbocycles. The smallest absolute Gasteiger partial charge is 0.340 e. The molecule has 2 rings (SSSR count). The number of alkyl halides is 4. The van der Waals surface area contributed by atoms with E-state index in [1.807, 2.05) is 30.3 Å². The van der Waals surface area contributed by atoms with E-state index in [0.717, 1.165) is 28.2 Å². The van der Waals surface area contributed by atoms with Crippen LogP contribution in [0.1, 0.15) is 23.0 Å². The summed E-state index contributed by atoms with van der Waals surface area (Å²) in [6.07, 6.45) is 0.884. The summed E-state index contributed by atoms with van der Waals surface area (Å²) >= 11 is 3.16. The van der Waals surface area contributed by atoms with Crippen LogP contribution in [0.15, 0.2) is 36.5 Å². The monoisotopic (exact) mass is 533 g/mol. The zero-order valence-corrected chi connectivity index (χ0v) is 16.0. The first-order valence-corrected chi connectivity index (χ1v) is 8.82. The molecule has 2 N–H and O–H groups in total. The fourth-order valence-electron chi connectivity index (χ4n) is 2.07. The topological polar surface area (TPSA) is 50.1 Å². The van der Waals surface area contributed by atoms with E-state index in [-0.39, 0.29) is 9.61 Å². The first-order chi connectivity index (χ1) is 10.3. The number of hydrogen-bond donors (Lipinski definition) is 2. The summed E-state index contributed by atoms with van der Waals surface area (Å²) in [6, 6.07) is 9.76. The maximum absolute atomic E-state index is 13.5. The normalized spacial score (nSPS) is 14.8. The molecular formula is C14H15F2I2N3O. The summed E-state index contributed by atoms with van der Waals surface area (Å²) < 4.78 is 25.1. The standard InChI is InChI=1S/C14H15F2I2N3O/c1-21-8-10(12(20-21)14(15,16)18)13(22)19-11(17)7-9-5-3-2-4-6-9/h2-6,8,11,13,19,22H,7H2,1H3. The third kappa shape index (κ3) is 4.83. The Balaban J connectivity index is 2.07. The van der Waals surface area contributed by atoms with Crippen molar-refractivity contribution in [3.8, 4) is 0 Å². The maximum Gasteiger partial charge on any atom is 0.340 e. The minimum Gasteiger partial charge on any atom is -0.374 e. The lowest BCUT2D eigenvalue weighted by molar-refractivity contribution is 0.103. The van der Waals surface area contributed by atoms with Gasteiger partial charge in [0.15, 0.2) is 0 Å². The van der Waals surface area contributed by atoms with Gasteiger partial charge in [-0.25, -0.2) is 0 Å². The Morgan fingerprint density at radius 2 is 2.00 bits per heavy atom. The van der Waals surface area contributed by atoms with Crippen molar-refractivity contribution in [1.29, 1.82) is 0 Å². The molecule has 0 radical (unpaired) electrons. The second kappa shape index (κ2) is 7.49. The Bertz CT molecular complexity index is 616. The number of aliphatic hydroxyl groups is 1. The van der Waals surface area contributed by atoms with Gasteiger partial charge in [-0.15, -0.1) is 0 Å². The van der Waals surface area contributed by atoms with E-state index in [4.69, 9.17) is 0 Å². The van der Waals surface area contributed by atoms with E-state index >= 15 is 0 Å². The number of aryl methyl sites for hydroxylation is 1. The van der Waals surface area contributed by atoms with Gasteiger partial charge in [-0.3, -0.25) is 10.00 Å². The van der Waals surface area contributed by atoms with Crippen molar-refractivity contribution in [2.45, 2.75) is 20.6 Å². The third-order valence-electron chi connectivity index (χ3n) is 3.02. The number of nitrogens with zero attached hydrogens (tertiary/aromatic N) is 2. The van der Waals surface area contributed by atoms with Gasteiger partial charge in [0.2, 0.25) is 0 Å². The molecule has 0 aliphatic rings. The van der Waals surface area contributed by atoms with Gasteiger partial charge in [0.25, 0.3) is 0 Å². The van der Waals surface area contributed by atoms with Gasteiger partial charge in [-0.2, -0.15) is 13.9 Å². The summed E-state index contributed by atoms with van der Waals surface area (Å²) in [5.74, 6) is 0. The van der Waals surface area contributed by atoms with E-state index in [2.05, 4.69) is 33.0 Å². The van der Waals surface area contributed by atoms with Crippen LogP contribution in [0.4, 0.5) is 8.78 Å². The molecular weight excluding hydrogens is 518 g/mol. The zero-order valence-electron chi connectivity index (χ0n) is 11.7. The molecule has 1 heterocycles. The van der Waals surface area contributed by atoms with Crippen LogP contribution < -0.4 is 5.32 Å². The lowest BCUT2D eigenvalue weighted by atomic mass is 10.1. The van der Waals surface area contributed by atoms with Crippen LogP contribution in [0.2, 0.25) is 0 Å². The highest BCUT2D eigenvalue weighted by atomic mass is 127. The van der Waals surface area contributed by atoms with E-state index in [0.29, 0.717) is 6.42 Å². The fourth-order valence-corrected chi connectivity index (χ4v) is 3.34. The predicted octanol–water partition coefficient (Wildman–Crippen LogP) is 3.49. The van der Waals surface area contributed by atoms with Crippen LogP contribution in [-0.4, -0.2) is 18.9 Å². The minimum absolute atomic E-state index is 0.0941. The summed E-state index contributed by atoms with van der Waals surface area (Å²) in [4.78, 5) is 0. The van der Waals surface area contributed by atoms with Crippen molar-refractivity contribution >= 4 is 45.2 Å². The van der Waals surface area contributed by atoms with Crippen LogP contribution >= 0.6 is 45.2 Å². The lowest BCUT2D eigenvalue weighted by Crippen LogP contribution is -2.30. The van der Waals surface area contributed by atoms with Gasteiger partial charge in [-0.05, 0) is 12.0 Å². The number of aliphatic hydroxyl groups excluding tert-OH is 1. The molecule has 22 heavy (non-hydrogen) atoms. The Hall–Kier alpha value is -0.330. The van der Waals surface area contributed by atoms with Gasteiger partial charge in [0.05, 0.1) is 4.05 Å². The maximum atomic E-state index is 13.5. The van der Waals surface area contributed by atoms with Crippen LogP contribution in [0.3, 0.4) is 0 Å². The molecule has 0 fully saturated rings. The largest absolute Gasteiger partial charge is 0.374 e. The number of aromatic nitrogens is 2. The molecule has 0 aliphatic carbocycles. The van der Waals surface area contributed by atoms with Gasteiger partial charge < -0.3 is 5.11 Å². The van der Waals surface area contributed by atoms with Crippen molar-refractivity contribution in [1.82, 2.24) is 15.1 Å². The Kier molecular flexibility index (Phi) is 6.14. The first-order valence-electron chi connectivity index (χ1n) is 6.50. The molecule has 2 aromatic rings. The third-order valence-corrected chi connectivity index (χ3v) is 4.33. The predicted molar refractivity (Wildman–Crippen MR) is 97.2 cm³/mol. The SMILES string of the molecule is Cn1cc(C(O)NC(I)Cc2ccccc2)c(C(F)(F)I)n1. The van der Waals surface area contributed by atoms with E-state index in [9.17, 15) is 13.9 Å². The second-order valence-corrected chi connectivity index (χ2v) is 7.69. The molecule has 0 spiro atoms. The van der Waals surface area contributed by atoms with Crippen LogP contribution in [-0.2, 0) is 17.4 Å². The Morgan fingerprint density at radius 3 is 2.59 bits per heavy atom. The van der Waals surface area contributed by atoms with Crippen molar-refractivity contribution in [3.63, 3.8) is 0 Å². The Morgan fingerprint density at radius 1 is 1.36 bits per heavy atom. The lowest BCUT2D eigenvalue weighted by Gasteiger charge is -2.19. The summed E-state index contributed by atoms with van der Waals surface area (Å²) in [6.45, 7) is 0. The number of benzene rings is 1. The molecule has 8 heteroatoms. The highest BCUT2D eigenvalue weighted by Gasteiger charge is 2.35. The number of halogens is 4. The summed E-state index contributed by atoms with van der Waals surface area (Å²) in [5, 5.41) is 16.9. The molecule has 120 valence electrons. The molecule has 1 aromatic carbocycles. The summed E-state index contributed by atoms with van der Waals surface area (Å²) in [7, 11) is 1.55. The van der Waals surface area contributed by atoms with Gasteiger partial charge in [0, 0.05) is 41.4 Å². The number of nitrogens with one attached hydrogen (secondary N) is 1. The number of hydrogen-bond acceptors (Lipinski definition) is 3. The van der Waals surface area contributed by atoms with Crippen molar-refractivity contribution in [2.75, 3.05) is 0 Å². The Labute approximate surface area is 154 Å². The van der Waals surface area contributed by atoms with Crippen molar-refractivity contribution < 1.29 is 13.9 Å². The molecule has 4 nitrogen and oxygen atoms in total. The fraction of sp³-hybridized carbons (Fsp3) is 0.357. The van der Waals surface area contributed by atoms with Crippen LogP contribution in [0.5, 0.6) is 0 Å². The molecule has 0 saturated heterocycles. The molecule has 2 atom stereocenters. The molecule has 0 amide bonds. The van der Waals surface area contributed by atoms with Gasteiger partial charge in [0.1, 0.15) is 11.9 Å². The average molecular weight is 533 g/mol. The van der Waals surface area contributed by atoms with E-state index in [1.165, 1.54) is 10.9 Å². The van der Waals surface area contributed by atoms with Crippen molar-refractivity contribution in [3.05, 3.63) is 53.3 Å². The molecule has 1 aromatic heterocycles. The van der Waals surface area contributed by atoms with Gasteiger partial charge >= 0.3 is 3.93 Å².